The van der Waals surface area contributed by atoms with Gasteiger partial charge in [-0.1, -0.05) is 6.08 Å². The minimum atomic E-state index is -0.662. The van der Waals surface area contributed by atoms with Crippen molar-refractivity contribution in [2.24, 2.45) is 0 Å². The monoisotopic (exact) mass is 540 g/mol. The lowest BCUT2D eigenvalue weighted by Crippen LogP contribution is -2.35. The fourth-order valence-corrected chi connectivity index (χ4v) is 4.43. The number of non-ortho nitro benzene ring substituents is 1. The van der Waals surface area contributed by atoms with Gasteiger partial charge in [-0.25, -0.2) is 0 Å². The summed E-state index contributed by atoms with van der Waals surface area (Å²) in [6.45, 7) is 9.02. The Morgan fingerprint density at radius 3 is 2.50 bits per heavy atom. The molecule has 0 spiro atoms. The highest BCUT2D eigenvalue weighted by molar-refractivity contribution is 8.18. The molecule has 1 aliphatic rings. The highest BCUT2D eigenvalue weighted by atomic mass is 32.2. The maximum absolute atomic E-state index is 12.8. The van der Waals surface area contributed by atoms with Crippen LogP contribution in [0.1, 0.15) is 37.5 Å². The van der Waals surface area contributed by atoms with Crippen LogP contribution in [-0.4, -0.2) is 46.2 Å². The first-order chi connectivity index (χ1) is 18.1. The molecule has 2 aromatic rings. The van der Waals surface area contributed by atoms with E-state index in [2.05, 4.69) is 6.58 Å². The number of nitro benzene ring substituents is 1. The Balaban J connectivity index is 1.87. The van der Waals surface area contributed by atoms with E-state index >= 15 is 0 Å². The molecule has 0 atom stereocenters. The summed E-state index contributed by atoms with van der Waals surface area (Å²) in [6.07, 6.45) is 3.33. The molecular weight excluding hydrogens is 512 g/mol. The zero-order valence-electron chi connectivity index (χ0n) is 21.3. The molecular formula is C27H28N2O8S. The number of benzene rings is 2. The van der Waals surface area contributed by atoms with Crippen LogP contribution in [0.4, 0.5) is 10.5 Å². The van der Waals surface area contributed by atoms with E-state index < -0.39 is 28.6 Å². The van der Waals surface area contributed by atoms with Crippen molar-refractivity contribution in [3.8, 4) is 11.5 Å². The molecule has 0 aromatic heterocycles. The molecule has 38 heavy (non-hydrogen) atoms. The average molecular weight is 541 g/mol. The van der Waals surface area contributed by atoms with E-state index in [1.165, 1.54) is 12.1 Å². The number of carbonyl (C=O) groups excluding carboxylic acids is 3. The quantitative estimate of drug-likeness (QED) is 0.116. The van der Waals surface area contributed by atoms with Gasteiger partial charge in [-0.05, 0) is 80.4 Å². The predicted molar refractivity (Wildman–Crippen MR) is 143 cm³/mol. The summed E-state index contributed by atoms with van der Waals surface area (Å²) >= 11 is 0.741. The minimum Gasteiger partial charge on any atom is -0.490 e. The molecule has 3 rings (SSSR count). The van der Waals surface area contributed by atoms with Crippen molar-refractivity contribution in [3.63, 3.8) is 0 Å². The average Bonchev–Trinajstić information content (AvgIpc) is 3.11. The lowest BCUT2D eigenvalue weighted by molar-refractivity contribution is -0.384. The normalized spacial score (nSPS) is 14.2. The van der Waals surface area contributed by atoms with Gasteiger partial charge in [0.1, 0.15) is 13.2 Å². The van der Waals surface area contributed by atoms with E-state index in [9.17, 15) is 24.5 Å². The molecule has 2 amide bonds. The van der Waals surface area contributed by atoms with Crippen molar-refractivity contribution in [3.05, 3.63) is 80.8 Å². The first-order valence-corrected chi connectivity index (χ1v) is 12.7. The maximum Gasteiger partial charge on any atom is 0.326 e. The van der Waals surface area contributed by atoms with Crippen molar-refractivity contribution in [2.75, 3.05) is 13.2 Å². The number of amides is 2. The fraction of sp³-hybridized carbons (Fsp3) is 0.296. The number of nitrogens with zero attached hydrogens (tertiary/aromatic N) is 2. The van der Waals surface area contributed by atoms with E-state index in [-0.39, 0.29) is 23.3 Å². The Labute approximate surface area is 224 Å². The van der Waals surface area contributed by atoms with Crippen LogP contribution in [0, 0.1) is 10.1 Å². The molecule has 0 saturated carbocycles. The zero-order valence-corrected chi connectivity index (χ0v) is 22.1. The van der Waals surface area contributed by atoms with Crippen LogP contribution in [0.25, 0.3) is 6.08 Å². The van der Waals surface area contributed by atoms with Crippen molar-refractivity contribution >= 4 is 40.6 Å². The van der Waals surface area contributed by atoms with Crippen molar-refractivity contribution < 1.29 is 33.5 Å². The minimum absolute atomic E-state index is 0.0123. The third-order valence-electron chi connectivity index (χ3n) is 5.17. The van der Waals surface area contributed by atoms with Crippen LogP contribution in [0.2, 0.25) is 0 Å². The van der Waals surface area contributed by atoms with E-state index in [1.807, 2.05) is 6.92 Å². The number of allylic oxidation sites excluding steroid dienone is 1. The smallest absolute Gasteiger partial charge is 0.326 e. The van der Waals surface area contributed by atoms with E-state index in [4.69, 9.17) is 14.2 Å². The molecule has 11 heteroatoms. The second kappa shape index (κ2) is 12.9. The van der Waals surface area contributed by atoms with Crippen molar-refractivity contribution in [1.29, 1.82) is 0 Å². The number of nitro groups is 1. The molecule has 1 aliphatic heterocycles. The van der Waals surface area contributed by atoms with Crippen LogP contribution in [-0.2, 0) is 27.4 Å². The largest absolute Gasteiger partial charge is 0.490 e. The standard InChI is InChI=1S/C27H28N2O8S/c1-5-7-20-12-19(14-23-26(31)28(27(32)38-23)15-24(30)37-17(3)4)13-22(35-6-2)25(20)36-16-18-8-10-21(11-9-18)29(33)34/h5,8-14,17H,1,6-7,15-16H2,2-4H3/b23-14+. The molecule has 1 heterocycles. The van der Waals surface area contributed by atoms with E-state index in [1.54, 1.807) is 50.3 Å². The van der Waals surface area contributed by atoms with Gasteiger partial charge in [0.15, 0.2) is 11.5 Å². The van der Waals surface area contributed by atoms with Crippen molar-refractivity contribution in [1.82, 2.24) is 4.90 Å². The first-order valence-electron chi connectivity index (χ1n) is 11.8. The molecule has 1 saturated heterocycles. The molecule has 2 aromatic carbocycles. The van der Waals surface area contributed by atoms with Crippen LogP contribution in [0.15, 0.2) is 54.0 Å². The van der Waals surface area contributed by atoms with Crippen LogP contribution in [0.3, 0.4) is 0 Å². The van der Waals surface area contributed by atoms with E-state index in [0.717, 1.165) is 27.8 Å². The lowest BCUT2D eigenvalue weighted by Gasteiger charge is -2.17. The fourth-order valence-electron chi connectivity index (χ4n) is 3.59. The molecule has 10 nitrogen and oxygen atoms in total. The third-order valence-corrected chi connectivity index (χ3v) is 6.08. The summed E-state index contributed by atoms with van der Waals surface area (Å²) < 4.78 is 16.9. The summed E-state index contributed by atoms with van der Waals surface area (Å²) in [7, 11) is 0. The Kier molecular flexibility index (Phi) is 9.66. The Morgan fingerprint density at radius 2 is 1.89 bits per heavy atom. The topological polar surface area (TPSA) is 125 Å². The number of imide groups is 1. The second-order valence-electron chi connectivity index (χ2n) is 8.45. The maximum atomic E-state index is 12.8. The lowest BCUT2D eigenvalue weighted by atomic mass is 10.0. The van der Waals surface area contributed by atoms with Gasteiger partial charge >= 0.3 is 5.97 Å². The zero-order chi connectivity index (χ0) is 27.8. The van der Waals surface area contributed by atoms with Crippen LogP contribution in [0.5, 0.6) is 11.5 Å². The van der Waals surface area contributed by atoms with Crippen LogP contribution < -0.4 is 9.47 Å². The van der Waals surface area contributed by atoms with Gasteiger partial charge in [0, 0.05) is 17.7 Å². The summed E-state index contributed by atoms with van der Waals surface area (Å²) in [5.41, 5.74) is 2.06. The van der Waals surface area contributed by atoms with Crippen LogP contribution >= 0.6 is 11.8 Å². The van der Waals surface area contributed by atoms with Gasteiger partial charge < -0.3 is 14.2 Å². The molecule has 0 unspecified atom stereocenters. The van der Waals surface area contributed by atoms with Gasteiger partial charge in [-0.15, -0.1) is 6.58 Å². The van der Waals surface area contributed by atoms with Gasteiger partial charge in [0.25, 0.3) is 16.8 Å². The molecule has 0 radical (unpaired) electrons. The number of ether oxygens (including phenoxy) is 3. The number of esters is 1. The SMILES string of the molecule is C=CCc1cc(/C=C2/SC(=O)N(CC(=O)OC(C)C)C2=O)cc(OCC)c1OCc1ccc([N+](=O)[O-])cc1. The van der Waals surface area contributed by atoms with Crippen molar-refractivity contribution in [2.45, 2.75) is 39.9 Å². The third kappa shape index (κ3) is 7.22. The summed E-state index contributed by atoms with van der Waals surface area (Å²) in [6, 6.07) is 9.55. The number of hydrogen-bond donors (Lipinski definition) is 0. The number of rotatable bonds is 12. The Hall–Kier alpha value is -4.12. The first kappa shape index (κ1) is 28.5. The molecule has 0 N–H and O–H groups in total. The molecule has 0 aliphatic carbocycles. The second-order valence-corrected chi connectivity index (χ2v) is 9.44. The van der Waals surface area contributed by atoms with E-state index in [0.29, 0.717) is 30.1 Å². The predicted octanol–water partition coefficient (Wildman–Crippen LogP) is 5.29. The molecule has 200 valence electrons. The summed E-state index contributed by atoms with van der Waals surface area (Å²) in [4.78, 5) is 48.7. The Morgan fingerprint density at radius 1 is 1.18 bits per heavy atom. The van der Waals surface area contributed by atoms with Gasteiger partial charge in [0.05, 0.1) is 22.5 Å². The number of carbonyl (C=O) groups is 3. The van der Waals surface area contributed by atoms with Gasteiger partial charge in [-0.2, -0.15) is 0 Å². The van der Waals surface area contributed by atoms with Gasteiger partial charge in [-0.3, -0.25) is 29.4 Å². The highest BCUT2D eigenvalue weighted by Gasteiger charge is 2.37. The summed E-state index contributed by atoms with van der Waals surface area (Å²) in [5.74, 6) is -0.334. The summed E-state index contributed by atoms with van der Waals surface area (Å²) in [5, 5.41) is 10.3. The molecule has 0 bridgehead atoms. The number of hydrogen-bond acceptors (Lipinski definition) is 9. The van der Waals surface area contributed by atoms with Gasteiger partial charge in [0.2, 0.25) is 0 Å². The molecule has 1 fully saturated rings. The number of thioether (sulfide) groups is 1. The Bertz CT molecular complexity index is 1270. The highest BCUT2D eigenvalue weighted by Crippen LogP contribution is 2.38.